The van der Waals surface area contributed by atoms with E-state index in [0.717, 1.165) is 0 Å². The predicted octanol–water partition coefficient (Wildman–Crippen LogP) is 1.95. The molecule has 0 aromatic carbocycles. The average molecular weight is 200 g/mol. The van der Waals surface area contributed by atoms with Crippen molar-refractivity contribution in [3.8, 4) is 0 Å². The van der Waals surface area contributed by atoms with Crippen molar-refractivity contribution in [3.63, 3.8) is 0 Å². The van der Waals surface area contributed by atoms with E-state index in [9.17, 15) is 0 Å². The van der Waals surface area contributed by atoms with Gasteiger partial charge in [-0.15, -0.1) is 0 Å². The zero-order valence-corrected chi connectivity index (χ0v) is 9.61. The van der Waals surface area contributed by atoms with Crippen LogP contribution in [-0.2, 0) is 14.2 Å². The van der Waals surface area contributed by atoms with Crippen LogP contribution in [0.5, 0.6) is 0 Å². The van der Waals surface area contributed by atoms with Crippen LogP contribution >= 0.6 is 0 Å². The molecule has 2 fully saturated rings. The summed E-state index contributed by atoms with van der Waals surface area (Å²) in [6.07, 6.45) is 0.545. The molecule has 3 nitrogen and oxygen atoms in total. The maximum atomic E-state index is 5.87. The fraction of sp³-hybridized carbons (Fsp3) is 1.00. The SMILES string of the molecule is CC(C)[C@H]1O[C@@H](C)C2OC(C)(C)O[C@H]21. The summed E-state index contributed by atoms with van der Waals surface area (Å²) < 4.78 is 17.5. The van der Waals surface area contributed by atoms with Crippen molar-refractivity contribution < 1.29 is 14.2 Å². The molecular weight excluding hydrogens is 180 g/mol. The van der Waals surface area contributed by atoms with Crippen LogP contribution < -0.4 is 0 Å². The third-order valence-electron chi connectivity index (χ3n) is 2.98. The molecule has 2 aliphatic rings. The Bertz CT molecular complexity index is 223. The Morgan fingerprint density at radius 1 is 1.07 bits per heavy atom. The number of ether oxygens (including phenoxy) is 3. The summed E-state index contributed by atoms with van der Waals surface area (Å²) in [5.74, 6) is 0.0329. The van der Waals surface area contributed by atoms with Crippen LogP contribution in [0.3, 0.4) is 0 Å². The van der Waals surface area contributed by atoms with E-state index in [1.165, 1.54) is 0 Å². The summed E-state index contributed by atoms with van der Waals surface area (Å²) in [6.45, 7) is 10.3. The Hall–Kier alpha value is -0.120. The van der Waals surface area contributed by atoms with Gasteiger partial charge in [0.2, 0.25) is 0 Å². The fourth-order valence-corrected chi connectivity index (χ4v) is 2.37. The summed E-state index contributed by atoms with van der Waals surface area (Å²) in [5, 5.41) is 0. The molecule has 82 valence electrons. The van der Waals surface area contributed by atoms with Crippen molar-refractivity contribution in [1.82, 2.24) is 0 Å². The molecular formula is C11H20O3. The highest BCUT2D eigenvalue weighted by molar-refractivity contribution is 4.97. The number of fused-ring (bicyclic) bond motifs is 1. The lowest BCUT2D eigenvalue weighted by molar-refractivity contribution is -0.189. The molecule has 4 atom stereocenters. The van der Waals surface area contributed by atoms with Gasteiger partial charge in [-0.05, 0) is 26.7 Å². The van der Waals surface area contributed by atoms with Gasteiger partial charge >= 0.3 is 0 Å². The number of hydrogen-bond donors (Lipinski definition) is 0. The molecule has 0 aromatic rings. The first-order valence-electron chi connectivity index (χ1n) is 5.42. The van der Waals surface area contributed by atoms with Gasteiger partial charge in [-0.2, -0.15) is 0 Å². The van der Waals surface area contributed by atoms with E-state index in [1.807, 2.05) is 13.8 Å². The fourth-order valence-electron chi connectivity index (χ4n) is 2.37. The van der Waals surface area contributed by atoms with Gasteiger partial charge in [0.15, 0.2) is 5.79 Å². The first-order chi connectivity index (χ1) is 6.41. The van der Waals surface area contributed by atoms with Gasteiger partial charge in [0.1, 0.15) is 12.2 Å². The van der Waals surface area contributed by atoms with Gasteiger partial charge in [-0.1, -0.05) is 13.8 Å². The molecule has 0 amide bonds. The molecule has 0 spiro atoms. The van der Waals surface area contributed by atoms with E-state index >= 15 is 0 Å². The molecule has 0 bridgehead atoms. The quantitative estimate of drug-likeness (QED) is 0.647. The number of hydrogen-bond acceptors (Lipinski definition) is 3. The standard InChI is InChI=1S/C11H20O3/c1-6(2)8-10-9(7(3)12-8)13-11(4,5)14-10/h6-10H,1-5H3/t7-,8+,9?,10-/m0/s1. The van der Waals surface area contributed by atoms with Crippen molar-refractivity contribution in [1.29, 1.82) is 0 Å². The summed E-state index contributed by atoms with van der Waals surface area (Å²) in [5.41, 5.74) is 0. The van der Waals surface area contributed by atoms with Gasteiger partial charge in [-0.3, -0.25) is 0 Å². The highest BCUT2D eigenvalue weighted by Gasteiger charge is 2.54. The summed E-state index contributed by atoms with van der Waals surface area (Å²) in [6, 6.07) is 0. The Labute approximate surface area is 85.7 Å². The Morgan fingerprint density at radius 3 is 2.21 bits per heavy atom. The average Bonchev–Trinajstić information content (AvgIpc) is 2.47. The van der Waals surface area contributed by atoms with Crippen LogP contribution in [-0.4, -0.2) is 30.2 Å². The third kappa shape index (κ3) is 1.58. The molecule has 1 unspecified atom stereocenters. The van der Waals surface area contributed by atoms with Crippen molar-refractivity contribution in [2.75, 3.05) is 0 Å². The van der Waals surface area contributed by atoms with Crippen LogP contribution in [0.1, 0.15) is 34.6 Å². The van der Waals surface area contributed by atoms with Gasteiger partial charge in [0.05, 0.1) is 12.2 Å². The largest absolute Gasteiger partial charge is 0.369 e. The van der Waals surface area contributed by atoms with Gasteiger partial charge in [-0.25, -0.2) is 0 Å². The van der Waals surface area contributed by atoms with E-state index in [0.29, 0.717) is 5.92 Å². The summed E-state index contributed by atoms with van der Waals surface area (Å²) in [4.78, 5) is 0. The first-order valence-corrected chi connectivity index (χ1v) is 5.42. The maximum Gasteiger partial charge on any atom is 0.164 e. The van der Waals surface area contributed by atoms with Gasteiger partial charge < -0.3 is 14.2 Å². The van der Waals surface area contributed by atoms with Crippen molar-refractivity contribution >= 4 is 0 Å². The predicted molar refractivity (Wildman–Crippen MR) is 53.0 cm³/mol. The second-order valence-corrected chi connectivity index (χ2v) is 5.11. The second kappa shape index (κ2) is 3.19. The van der Waals surface area contributed by atoms with E-state index in [4.69, 9.17) is 14.2 Å². The molecule has 14 heavy (non-hydrogen) atoms. The van der Waals surface area contributed by atoms with Crippen LogP contribution in [0.25, 0.3) is 0 Å². The molecule has 0 aliphatic carbocycles. The van der Waals surface area contributed by atoms with Crippen molar-refractivity contribution in [2.24, 2.45) is 5.92 Å². The molecule has 0 saturated carbocycles. The van der Waals surface area contributed by atoms with E-state index in [1.54, 1.807) is 0 Å². The molecule has 2 heterocycles. The zero-order valence-electron chi connectivity index (χ0n) is 9.61. The topological polar surface area (TPSA) is 27.7 Å². The zero-order chi connectivity index (χ0) is 10.5. The first kappa shape index (κ1) is 10.4. The van der Waals surface area contributed by atoms with E-state index in [2.05, 4.69) is 20.8 Å². The highest BCUT2D eigenvalue weighted by atomic mass is 16.8. The molecule has 2 aliphatic heterocycles. The summed E-state index contributed by atoms with van der Waals surface area (Å²) in [7, 11) is 0. The van der Waals surface area contributed by atoms with Crippen LogP contribution in [0.4, 0.5) is 0 Å². The Morgan fingerprint density at radius 2 is 1.64 bits per heavy atom. The lowest BCUT2D eigenvalue weighted by Gasteiger charge is -2.24. The normalized spacial score (nSPS) is 45.9. The lowest BCUT2D eigenvalue weighted by atomic mass is 10.00. The van der Waals surface area contributed by atoms with Gasteiger partial charge in [0.25, 0.3) is 0 Å². The van der Waals surface area contributed by atoms with Crippen LogP contribution in [0.2, 0.25) is 0 Å². The van der Waals surface area contributed by atoms with Crippen molar-refractivity contribution in [2.45, 2.75) is 64.8 Å². The second-order valence-electron chi connectivity index (χ2n) is 5.11. The van der Waals surface area contributed by atoms with Crippen LogP contribution in [0.15, 0.2) is 0 Å². The molecule has 0 radical (unpaired) electrons. The molecule has 0 N–H and O–H groups in total. The minimum Gasteiger partial charge on any atom is -0.369 e. The number of rotatable bonds is 1. The van der Waals surface area contributed by atoms with Crippen molar-refractivity contribution in [3.05, 3.63) is 0 Å². The van der Waals surface area contributed by atoms with Gasteiger partial charge in [0, 0.05) is 0 Å². The van der Waals surface area contributed by atoms with E-state index < -0.39 is 5.79 Å². The molecule has 2 rings (SSSR count). The highest BCUT2D eigenvalue weighted by Crippen LogP contribution is 2.40. The lowest BCUT2D eigenvalue weighted by Crippen LogP contribution is -2.33. The maximum absolute atomic E-state index is 5.87. The van der Waals surface area contributed by atoms with Crippen LogP contribution in [0, 0.1) is 5.92 Å². The van der Waals surface area contributed by atoms with E-state index in [-0.39, 0.29) is 24.4 Å². The Kier molecular flexibility index (Phi) is 2.37. The molecule has 0 aromatic heterocycles. The third-order valence-corrected chi connectivity index (χ3v) is 2.98. The minimum absolute atomic E-state index is 0.109. The molecule has 2 saturated heterocycles. The monoisotopic (exact) mass is 200 g/mol. The Balaban J connectivity index is 2.15. The summed E-state index contributed by atoms with van der Waals surface area (Å²) >= 11 is 0. The smallest absolute Gasteiger partial charge is 0.164 e. The molecule has 3 heteroatoms. The minimum atomic E-state index is -0.444.